The largest absolute Gasteiger partial charge is 0.467 e. The van der Waals surface area contributed by atoms with Gasteiger partial charge in [0.15, 0.2) is 0 Å². The van der Waals surface area contributed by atoms with Gasteiger partial charge in [-0.25, -0.2) is 0 Å². The van der Waals surface area contributed by atoms with Crippen molar-refractivity contribution >= 4 is 35.1 Å². The summed E-state index contributed by atoms with van der Waals surface area (Å²) in [6.45, 7) is 0.623. The molecule has 0 amide bonds. The summed E-state index contributed by atoms with van der Waals surface area (Å²) in [6, 6.07) is 5.69. The van der Waals surface area contributed by atoms with Crippen LogP contribution in [0.5, 0.6) is 6.01 Å². The molecule has 0 saturated heterocycles. The first-order chi connectivity index (χ1) is 10.1. The third kappa shape index (κ3) is 4.34. The predicted molar refractivity (Wildman–Crippen MR) is 84.6 cm³/mol. The van der Waals surface area contributed by atoms with E-state index in [9.17, 15) is 0 Å². The monoisotopic (exact) mass is 327 g/mol. The van der Waals surface area contributed by atoms with Gasteiger partial charge in [-0.05, 0) is 24.1 Å². The lowest BCUT2D eigenvalue weighted by atomic mass is 10.1. The Balaban J connectivity index is 1.99. The Hall–Kier alpha value is -1.79. The number of nitrogens with zero attached hydrogens (tertiary/aromatic N) is 3. The second-order valence-corrected chi connectivity index (χ2v) is 4.98. The SMILES string of the molecule is CNc1nc(NCCc2ccc(Cl)cc2Cl)nc(OC)n1. The van der Waals surface area contributed by atoms with Crippen molar-refractivity contribution < 1.29 is 4.74 Å². The van der Waals surface area contributed by atoms with E-state index in [-0.39, 0.29) is 6.01 Å². The lowest BCUT2D eigenvalue weighted by Crippen LogP contribution is -2.11. The molecule has 1 aromatic carbocycles. The van der Waals surface area contributed by atoms with Crippen LogP contribution in [0.25, 0.3) is 0 Å². The zero-order valence-electron chi connectivity index (χ0n) is 11.7. The molecule has 2 aromatic rings. The molecule has 0 atom stereocenters. The molecule has 0 fully saturated rings. The number of halogens is 2. The molecule has 0 aliphatic heterocycles. The van der Waals surface area contributed by atoms with Crippen molar-refractivity contribution in [2.45, 2.75) is 6.42 Å². The predicted octanol–water partition coefficient (Wildman–Crippen LogP) is 2.88. The molecule has 112 valence electrons. The first-order valence-corrected chi connectivity index (χ1v) is 7.03. The van der Waals surface area contributed by atoms with Gasteiger partial charge in [-0.15, -0.1) is 0 Å². The number of ether oxygens (including phenoxy) is 1. The van der Waals surface area contributed by atoms with Gasteiger partial charge in [0, 0.05) is 23.6 Å². The average molecular weight is 328 g/mol. The summed E-state index contributed by atoms with van der Waals surface area (Å²) in [7, 11) is 3.23. The van der Waals surface area contributed by atoms with Gasteiger partial charge in [-0.3, -0.25) is 0 Å². The van der Waals surface area contributed by atoms with Gasteiger partial charge < -0.3 is 15.4 Å². The second kappa shape index (κ2) is 7.28. The third-order valence-electron chi connectivity index (χ3n) is 2.71. The topological polar surface area (TPSA) is 72.0 Å². The van der Waals surface area contributed by atoms with E-state index >= 15 is 0 Å². The minimum atomic E-state index is 0.251. The Morgan fingerprint density at radius 3 is 2.57 bits per heavy atom. The fraction of sp³-hybridized carbons (Fsp3) is 0.308. The Morgan fingerprint density at radius 2 is 1.90 bits per heavy atom. The molecule has 8 heteroatoms. The van der Waals surface area contributed by atoms with Crippen molar-refractivity contribution in [2.24, 2.45) is 0 Å². The zero-order valence-corrected chi connectivity index (χ0v) is 13.2. The average Bonchev–Trinajstić information content (AvgIpc) is 2.49. The number of nitrogens with one attached hydrogen (secondary N) is 2. The van der Waals surface area contributed by atoms with Crippen LogP contribution in [0.3, 0.4) is 0 Å². The van der Waals surface area contributed by atoms with Crippen LogP contribution in [0.4, 0.5) is 11.9 Å². The quantitative estimate of drug-likeness (QED) is 0.850. The van der Waals surface area contributed by atoms with Crippen LogP contribution in [-0.4, -0.2) is 35.7 Å². The Labute approximate surface area is 132 Å². The van der Waals surface area contributed by atoms with E-state index in [1.807, 2.05) is 12.1 Å². The van der Waals surface area contributed by atoms with Crippen molar-refractivity contribution in [2.75, 3.05) is 31.3 Å². The van der Waals surface area contributed by atoms with Crippen molar-refractivity contribution in [1.82, 2.24) is 15.0 Å². The summed E-state index contributed by atoms with van der Waals surface area (Å²) < 4.78 is 5.02. The fourth-order valence-electron chi connectivity index (χ4n) is 1.67. The van der Waals surface area contributed by atoms with Gasteiger partial charge in [-0.1, -0.05) is 29.3 Å². The van der Waals surface area contributed by atoms with Gasteiger partial charge in [0.25, 0.3) is 0 Å². The summed E-state index contributed by atoms with van der Waals surface area (Å²) >= 11 is 12.0. The van der Waals surface area contributed by atoms with Crippen LogP contribution in [0.2, 0.25) is 10.0 Å². The summed E-state index contributed by atoms with van der Waals surface area (Å²) in [4.78, 5) is 12.3. The number of anilines is 2. The number of methoxy groups -OCH3 is 1. The maximum Gasteiger partial charge on any atom is 0.322 e. The van der Waals surface area contributed by atoms with E-state index in [1.54, 1.807) is 13.1 Å². The summed E-state index contributed by atoms with van der Waals surface area (Å²) in [5.74, 6) is 0.880. The van der Waals surface area contributed by atoms with E-state index in [0.717, 1.165) is 12.0 Å². The Bertz CT molecular complexity index is 601. The van der Waals surface area contributed by atoms with Gasteiger partial charge in [0.05, 0.1) is 7.11 Å². The first-order valence-electron chi connectivity index (χ1n) is 6.28. The minimum absolute atomic E-state index is 0.251. The molecule has 1 heterocycles. The van der Waals surface area contributed by atoms with Crippen LogP contribution in [0.15, 0.2) is 18.2 Å². The number of hydrogen-bond donors (Lipinski definition) is 2. The molecular weight excluding hydrogens is 313 g/mol. The van der Waals surface area contributed by atoms with Gasteiger partial charge >= 0.3 is 6.01 Å². The van der Waals surface area contributed by atoms with Crippen LogP contribution in [-0.2, 0) is 6.42 Å². The number of aromatic nitrogens is 3. The van der Waals surface area contributed by atoms with Crippen molar-refractivity contribution in [3.8, 4) is 6.01 Å². The van der Waals surface area contributed by atoms with Crippen LogP contribution < -0.4 is 15.4 Å². The molecule has 0 aliphatic carbocycles. The van der Waals surface area contributed by atoms with E-state index in [2.05, 4.69) is 25.6 Å². The number of benzene rings is 1. The van der Waals surface area contributed by atoms with E-state index < -0.39 is 0 Å². The lowest BCUT2D eigenvalue weighted by Gasteiger charge is -2.08. The van der Waals surface area contributed by atoms with Gasteiger partial charge in [0.1, 0.15) is 0 Å². The third-order valence-corrected chi connectivity index (χ3v) is 3.30. The smallest absolute Gasteiger partial charge is 0.322 e. The summed E-state index contributed by atoms with van der Waals surface area (Å²) in [5, 5.41) is 7.23. The summed E-state index contributed by atoms with van der Waals surface area (Å²) in [5.41, 5.74) is 1.00. The molecule has 2 rings (SSSR count). The van der Waals surface area contributed by atoms with E-state index in [1.165, 1.54) is 7.11 Å². The Morgan fingerprint density at radius 1 is 1.14 bits per heavy atom. The molecule has 21 heavy (non-hydrogen) atoms. The molecule has 0 spiro atoms. The maximum absolute atomic E-state index is 6.12. The number of rotatable bonds is 6. The highest BCUT2D eigenvalue weighted by molar-refractivity contribution is 6.35. The van der Waals surface area contributed by atoms with E-state index in [4.69, 9.17) is 27.9 Å². The zero-order chi connectivity index (χ0) is 15.2. The molecule has 0 saturated carbocycles. The molecule has 1 aromatic heterocycles. The van der Waals surface area contributed by atoms with Crippen LogP contribution in [0.1, 0.15) is 5.56 Å². The molecule has 0 radical (unpaired) electrons. The fourth-order valence-corrected chi connectivity index (χ4v) is 2.18. The first kappa shape index (κ1) is 15.6. The van der Waals surface area contributed by atoms with Crippen molar-refractivity contribution in [3.05, 3.63) is 33.8 Å². The van der Waals surface area contributed by atoms with Crippen molar-refractivity contribution in [1.29, 1.82) is 0 Å². The molecule has 2 N–H and O–H groups in total. The maximum atomic E-state index is 6.12. The molecular formula is C13H15Cl2N5O. The molecule has 0 aliphatic rings. The second-order valence-electron chi connectivity index (χ2n) is 4.13. The highest BCUT2D eigenvalue weighted by atomic mass is 35.5. The van der Waals surface area contributed by atoms with Crippen LogP contribution >= 0.6 is 23.2 Å². The van der Waals surface area contributed by atoms with Crippen LogP contribution in [0, 0.1) is 0 Å². The van der Waals surface area contributed by atoms with E-state index in [0.29, 0.717) is 28.5 Å². The molecule has 0 unspecified atom stereocenters. The van der Waals surface area contributed by atoms with Gasteiger partial charge in [0.2, 0.25) is 11.9 Å². The highest BCUT2D eigenvalue weighted by Gasteiger charge is 2.06. The lowest BCUT2D eigenvalue weighted by molar-refractivity contribution is 0.379. The minimum Gasteiger partial charge on any atom is -0.467 e. The Kier molecular flexibility index (Phi) is 5.41. The molecule has 0 bridgehead atoms. The number of hydrogen-bond acceptors (Lipinski definition) is 6. The summed E-state index contributed by atoms with van der Waals surface area (Å²) in [6.07, 6.45) is 0.721. The van der Waals surface area contributed by atoms with Crippen molar-refractivity contribution in [3.63, 3.8) is 0 Å². The molecule has 6 nitrogen and oxygen atoms in total. The standard InChI is InChI=1S/C13H15Cl2N5O/c1-16-11-18-12(20-13(19-11)21-2)17-6-5-8-3-4-9(14)7-10(8)15/h3-4,7H,5-6H2,1-2H3,(H2,16,17,18,19,20). The highest BCUT2D eigenvalue weighted by Crippen LogP contribution is 2.21. The van der Waals surface area contributed by atoms with Gasteiger partial charge in [-0.2, -0.15) is 15.0 Å². The normalized spacial score (nSPS) is 10.3.